The number of carbonyl (C=O) groups is 1. The highest BCUT2D eigenvalue weighted by atomic mass is 16.5. The van der Waals surface area contributed by atoms with E-state index in [4.69, 9.17) is 15.6 Å². The molecule has 0 saturated heterocycles. The van der Waals surface area contributed by atoms with Crippen LogP contribution < -0.4 is 10.5 Å². The number of benzene rings is 3. The van der Waals surface area contributed by atoms with Gasteiger partial charge in [0, 0.05) is 22.4 Å². The van der Waals surface area contributed by atoms with E-state index in [9.17, 15) is 9.90 Å². The Balaban J connectivity index is 1.53. The summed E-state index contributed by atoms with van der Waals surface area (Å²) in [7, 11) is 0. The standard InChI is InChI=1S/C26H25N5O3/c1-15(2)31-23-10-8-16(17-7-9-19-21(12-17)28-29-26(19)27)11-20(23)22(30-31)14-34-24-6-4-3-5-18(24)13-25(32)33/h3-12,15H,13-14H2,1-2H3,(H,32,33)(H3,27,28,29). The molecular weight excluding hydrogens is 430 g/mol. The highest BCUT2D eigenvalue weighted by Crippen LogP contribution is 2.31. The van der Waals surface area contributed by atoms with E-state index >= 15 is 0 Å². The second-order valence-corrected chi connectivity index (χ2v) is 8.55. The first kappa shape index (κ1) is 21.5. The maximum absolute atomic E-state index is 11.2. The highest BCUT2D eigenvalue weighted by molar-refractivity contribution is 5.93. The third-order valence-corrected chi connectivity index (χ3v) is 5.88. The molecular formula is C26H25N5O3. The number of anilines is 1. The molecule has 0 radical (unpaired) electrons. The van der Waals surface area contributed by atoms with Crippen molar-refractivity contribution in [3.8, 4) is 16.9 Å². The van der Waals surface area contributed by atoms with Gasteiger partial charge < -0.3 is 15.6 Å². The third kappa shape index (κ3) is 3.94. The van der Waals surface area contributed by atoms with E-state index in [0.29, 0.717) is 17.1 Å². The van der Waals surface area contributed by atoms with Gasteiger partial charge in [-0.15, -0.1) is 0 Å². The monoisotopic (exact) mass is 455 g/mol. The van der Waals surface area contributed by atoms with Crippen molar-refractivity contribution >= 4 is 33.6 Å². The molecule has 0 amide bonds. The van der Waals surface area contributed by atoms with Crippen molar-refractivity contribution in [3.05, 3.63) is 71.9 Å². The van der Waals surface area contributed by atoms with Gasteiger partial charge in [0.25, 0.3) is 0 Å². The lowest BCUT2D eigenvalue weighted by Crippen LogP contribution is -2.06. The molecule has 2 heterocycles. The SMILES string of the molecule is CC(C)n1nc(COc2ccccc2CC(=O)O)c2cc(-c3ccc4c(N)n[nH]c4c3)ccc21. The number of nitrogens with one attached hydrogen (secondary N) is 1. The smallest absolute Gasteiger partial charge is 0.307 e. The molecule has 0 spiro atoms. The Hall–Kier alpha value is -4.33. The summed E-state index contributed by atoms with van der Waals surface area (Å²) >= 11 is 0. The molecule has 0 fully saturated rings. The first-order valence-electron chi connectivity index (χ1n) is 11.1. The van der Waals surface area contributed by atoms with Crippen LogP contribution in [0.2, 0.25) is 0 Å². The highest BCUT2D eigenvalue weighted by Gasteiger charge is 2.16. The van der Waals surface area contributed by atoms with E-state index in [-0.39, 0.29) is 19.1 Å². The molecule has 0 aliphatic rings. The summed E-state index contributed by atoms with van der Waals surface area (Å²) in [6, 6.07) is 19.7. The van der Waals surface area contributed by atoms with Crippen LogP contribution in [0, 0.1) is 0 Å². The lowest BCUT2D eigenvalue weighted by Gasteiger charge is -2.09. The number of carboxylic acids is 1. The van der Waals surface area contributed by atoms with Gasteiger partial charge in [0.05, 0.1) is 17.5 Å². The number of carboxylic acid groups (broad SMARTS) is 1. The molecule has 0 atom stereocenters. The van der Waals surface area contributed by atoms with Crippen molar-refractivity contribution in [2.45, 2.75) is 32.9 Å². The number of aromatic amines is 1. The van der Waals surface area contributed by atoms with Crippen LogP contribution >= 0.6 is 0 Å². The zero-order valence-corrected chi connectivity index (χ0v) is 18.9. The van der Waals surface area contributed by atoms with Crippen molar-refractivity contribution in [1.82, 2.24) is 20.0 Å². The molecule has 0 aliphatic heterocycles. The minimum atomic E-state index is -0.897. The number of H-pyrrole nitrogens is 1. The van der Waals surface area contributed by atoms with Gasteiger partial charge in [0.15, 0.2) is 5.82 Å². The number of rotatable bonds is 7. The Bertz CT molecular complexity index is 1520. The van der Waals surface area contributed by atoms with Gasteiger partial charge in [0.2, 0.25) is 0 Å². The van der Waals surface area contributed by atoms with Crippen LogP contribution in [0.25, 0.3) is 32.9 Å². The quantitative estimate of drug-likeness (QED) is 0.319. The molecule has 0 bridgehead atoms. The van der Waals surface area contributed by atoms with Crippen molar-refractivity contribution < 1.29 is 14.6 Å². The molecule has 172 valence electrons. The summed E-state index contributed by atoms with van der Waals surface area (Å²) in [6.45, 7) is 4.40. The summed E-state index contributed by atoms with van der Waals surface area (Å²) in [5.74, 6) is 0.139. The number of hydrogen-bond donors (Lipinski definition) is 3. The molecule has 3 aromatic carbocycles. The summed E-state index contributed by atoms with van der Waals surface area (Å²) in [5, 5.41) is 23.0. The van der Waals surface area contributed by atoms with Gasteiger partial charge in [-0.25, -0.2) is 0 Å². The molecule has 2 aromatic heterocycles. The van der Waals surface area contributed by atoms with Crippen molar-refractivity contribution in [3.63, 3.8) is 0 Å². The number of para-hydroxylation sites is 1. The number of nitrogen functional groups attached to an aromatic ring is 1. The topological polar surface area (TPSA) is 119 Å². The first-order chi connectivity index (χ1) is 16.4. The second-order valence-electron chi connectivity index (χ2n) is 8.55. The Morgan fingerprint density at radius 3 is 2.65 bits per heavy atom. The molecule has 4 N–H and O–H groups in total. The zero-order chi connectivity index (χ0) is 23.8. The lowest BCUT2D eigenvalue weighted by atomic mass is 10.0. The molecule has 0 aliphatic carbocycles. The largest absolute Gasteiger partial charge is 0.487 e. The Morgan fingerprint density at radius 2 is 1.85 bits per heavy atom. The fraction of sp³-hybridized carbons (Fsp3) is 0.192. The Labute approximate surface area is 196 Å². The maximum Gasteiger partial charge on any atom is 0.307 e. The van der Waals surface area contributed by atoms with Gasteiger partial charge in [-0.05, 0) is 55.3 Å². The van der Waals surface area contributed by atoms with Crippen molar-refractivity contribution in [2.75, 3.05) is 5.73 Å². The fourth-order valence-electron chi connectivity index (χ4n) is 4.20. The fourth-order valence-corrected chi connectivity index (χ4v) is 4.20. The van der Waals surface area contributed by atoms with Gasteiger partial charge >= 0.3 is 5.97 Å². The number of fused-ring (bicyclic) bond motifs is 2. The lowest BCUT2D eigenvalue weighted by molar-refractivity contribution is -0.136. The van der Waals surface area contributed by atoms with Gasteiger partial charge in [0.1, 0.15) is 18.1 Å². The molecule has 0 saturated carbocycles. The van der Waals surface area contributed by atoms with Gasteiger partial charge in [-0.3, -0.25) is 14.6 Å². The van der Waals surface area contributed by atoms with E-state index in [1.807, 2.05) is 35.0 Å². The summed E-state index contributed by atoms with van der Waals surface area (Å²) < 4.78 is 8.05. The first-order valence-corrected chi connectivity index (χ1v) is 11.1. The van der Waals surface area contributed by atoms with E-state index in [2.05, 4.69) is 42.2 Å². The average Bonchev–Trinajstić information content (AvgIpc) is 3.38. The minimum absolute atomic E-state index is 0.0951. The molecule has 5 aromatic rings. The minimum Gasteiger partial charge on any atom is -0.487 e. The average molecular weight is 456 g/mol. The number of ether oxygens (including phenoxy) is 1. The number of nitrogens with zero attached hydrogens (tertiary/aromatic N) is 3. The van der Waals surface area contributed by atoms with Crippen LogP contribution in [0.4, 0.5) is 5.82 Å². The third-order valence-electron chi connectivity index (χ3n) is 5.88. The van der Waals surface area contributed by atoms with E-state index in [0.717, 1.165) is 38.6 Å². The predicted molar refractivity (Wildman–Crippen MR) is 132 cm³/mol. The van der Waals surface area contributed by atoms with E-state index in [1.54, 1.807) is 12.1 Å². The van der Waals surface area contributed by atoms with E-state index < -0.39 is 5.97 Å². The van der Waals surface area contributed by atoms with Crippen LogP contribution in [0.5, 0.6) is 5.75 Å². The number of hydrogen-bond acceptors (Lipinski definition) is 5. The number of nitrogens with two attached hydrogens (primary N) is 1. The van der Waals surface area contributed by atoms with Crippen LogP contribution in [0.15, 0.2) is 60.7 Å². The Kier molecular flexibility index (Phi) is 5.41. The normalized spacial score (nSPS) is 11.5. The van der Waals surface area contributed by atoms with Crippen LogP contribution in [-0.2, 0) is 17.8 Å². The van der Waals surface area contributed by atoms with Crippen molar-refractivity contribution in [2.24, 2.45) is 0 Å². The van der Waals surface area contributed by atoms with E-state index in [1.165, 1.54) is 0 Å². The molecule has 8 nitrogen and oxygen atoms in total. The van der Waals surface area contributed by atoms with Crippen LogP contribution in [-0.4, -0.2) is 31.1 Å². The second kappa shape index (κ2) is 8.55. The Morgan fingerprint density at radius 1 is 1.09 bits per heavy atom. The molecule has 8 heteroatoms. The van der Waals surface area contributed by atoms with Gasteiger partial charge in [-0.1, -0.05) is 30.3 Å². The molecule has 5 rings (SSSR count). The number of aromatic nitrogens is 4. The summed E-state index contributed by atoms with van der Waals surface area (Å²) in [5.41, 5.74) is 11.3. The van der Waals surface area contributed by atoms with Crippen molar-refractivity contribution in [1.29, 1.82) is 0 Å². The predicted octanol–water partition coefficient (Wildman–Crippen LogP) is 4.95. The van der Waals surface area contributed by atoms with Gasteiger partial charge in [-0.2, -0.15) is 10.2 Å². The van der Waals surface area contributed by atoms with Crippen LogP contribution in [0.3, 0.4) is 0 Å². The molecule has 0 unspecified atom stereocenters. The van der Waals surface area contributed by atoms with Crippen LogP contribution in [0.1, 0.15) is 31.1 Å². The molecule has 34 heavy (non-hydrogen) atoms. The summed E-state index contributed by atoms with van der Waals surface area (Å²) in [6.07, 6.45) is -0.0951. The maximum atomic E-state index is 11.2. The summed E-state index contributed by atoms with van der Waals surface area (Å²) in [4.78, 5) is 11.2. The number of aliphatic carboxylic acids is 1. The zero-order valence-electron chi connectivity index (χ0n) is 18.9.